The minimum Gasteiger partial charge on any atom is -0.388 e. The number of aryl methyl sites for hydroxylation is 1. The van der Waals surface area contributed by atoms with Crippen LogP contribution < -0.4 is 10.6 Å². The van der Waals surface area contributed by atoms with Gasteiger partial charge in [0.1, 0.15) is 24.0 Å². The first-order valence-electron chi connectivity index (χ1n) is 14.8. The van der Waals surface area contributed by atoms with Crippen molar-refractivity contribution in [3.63, 3.8) is 0 Å². The Morgan fingerprint density at radius 3 is 2.32 bits per heavy atom. The number of alkyl halides is 1. The molecule has 1 saturated carbocycles. The zero-order valence-corrected chi connectivity index (χ0v) is 26.7. The quantitative estimate of drug-likeness (QED) is 0.344. The van der Waals surface area contributed by atoms with Crippen LogP contribution in [0.5, 0.6) is 0 Å². The summed E-state index contributed by atoms with van der Waals surface area (Å²) in [5, 5.41) is 15.9. The molecular formula is C32H40FN5O5S. The number of aromatic nitrogens is 1. The van der Waals surface area contributed by atoms with Gasteiger partial charge in [0.05, 0.1) is 28.7 Å². The van der Waals surface area contributed by atoms with E-state index in [1.54, 1.807) is 52.3 Å². The summed E-state index contributed by atoms with van der Waals surface area (Å²) >= 11 is 1.50. The first kappa shape index (κ1) is 33.2. The van der Waals surface area contributed by atoms with E-state index in [1.807, 2.05) is 19.1 Å². The van der Waals surface area contributed by atoms with E-state index >= 15 is 4.39 Å². The number of carbonyl (C=O) groups is 4. The third-order valence-corrected chi connectivity index (χ3v) is 9.36. The van der Waals surface area contributed by atoms with Crippen LogP contribution in [-0.2, 0) is 19.2 Å². The number of hydrogen-bond donors (Lipinski definition) is 3. The fourth-order valence-corrected chi connectivity index (χ4v) is 6.05. The minimum absolute atomic E-state index is 0.0717. The van der Waals surface area contributed by atoms with Gasteiger partial charge in [-0.25, -0.2) is 15.9 Å². The molecule has 1 aliphatic heterocycles. The number of nitrogens with one attached hydrogen (secondary N) is 2. The van der Waals surface area contributed by atoms with Crippen LogP contribution in [0.2, 0.25) is 0 Å². The van der Waals surface area contributed by atoms with Gasteiger partial charge in [0.2, 0.25) is 11.8 Å². The summed E-state index contributed by atoms with van der Waals surface area (Å²) < 4.78 is 15.5. The van der Waals surface area contributed by atoms with Gasteiger partial charge >= 0.3 is 11.4 Å². The third kappa shape index (κ3) is 6.84. The van der Waals surface area contributed by atoms with Crippen LogP contribution in [0.4, 0.5) is 4.39 Å². The van der Waals surface area contributed by atoms with E-state index in [-0.39, 0.29) is 12.2 Å². The maximum atomic E-state index is 15.5. The van der Waals surface area contributed by atoms with Crippen molar-refractivity contribution in [2.45, 2.75) is 96.7 Å². The van der Waals surface area contributed by atoms with Gasteiger partial charge in [-0.15, -0.1) is 11.3 Å². The van der Waals surface area contributed by atoms with Crippen LogP contribution in [0, 0.1) is 24.8 Å². The molecule has 1 aromatic heterocycles. The number of aliphatic hydroxyl groups excluding tert-OH is 1. The first-order valence-corrected chi connectivity index (χ1v) is 15.6. The Morgan fingerprint density at radius 1 is 1.18 bits per heavy atom. The van der Waals surface area contributed by atoms with Crippen molar-refractivity contribution in [2.24, 2.45) is 11.3 Å². The molecule has 1 aromatic carbocycles. The number of thiazole rings is 1. The molecule has 1 saturated heterocycles. The highest BCUT2D eigenvalue weighted by molar-refractivity contribution is 7.13. The average Bonchev–Trinajstić information content (AvgIpc) is 3.57. The predicted molar refractivity (Wildman–Crippen MR) is 164 cm³/mol. The number of β-amino-alcohol motifs (C(OH)–C–C–N with tert-alkyl or cyclic N) is 1. The number of halogens is 1. The van der Waals surface area contributed by atoms with E-state index in [0.717, 1.165) is 21.0 Å². The monoisotopic (exact) mass is 625 g/mol. The highest BCUT2D eigenvalue weighted by Crippen LogP contribution is 2.40. The van der Waals surface area contributed by atoms with E-state index in [4.69, 9.17) is 6.57 Å². The lowest BCUT2D eigenvalue weighted by Gasteiger charge is -2.32. The molecule has 0 unspecified atom stereocenters. The molecule has 2 aliphatic rings. The maximum absolute atomic E-state index is 15.5. The van der Waals surface area contributed by atoms with Gasteiger partial charge in [-0.1, -0.05) is 58.9 Å². The molecule has 0 bridgehead atoms. The molecule has 4 rings (SSSR count). The number of carbonyl (C=O) groups excluding carboxylic acids is 4. The fraction of sp³-hybridized carbons (Fsp3) is 0.562. The largest absolute Gasteiger partial charge is 0.388 e. The second-order valence-corrected chi connectivity index (χ2v) is 14.0. The van der Waals surface area contributed by atoms with Crippen molar-refractivity contribution in [2.75, 3.05) is 6.54 Å². The number of likely N-dealkylation sites (tertiary alicyclic amines) is 1. The predicted octanol–water partition coefficient (Wildman–Crippen LogP) is 3.78. The summed E-state index contributed by atoms with van der Waals surface area (Å²) in [6, 6.07) is 3.69. The molecule has 5 atom stereocenters. The van der Waals surface area contributed by atoms with Crippen molar-refractivity contribution >= 4 is 34.8 Å². The molecule has 0 radical (unpaired) electrons. The normalized spacial score (nSPS) is 22.2. The lowest BCUT2D eigenvalue weighted by Crippen LogP contribution is -2.58. The maximum Gasteiger partial charge on any atom is 0.309 e. The Kier molecular flexibility index (Phi) is 9.61. The van der Waals surface area contributed by atoms with Crippen LogP contribution in [-0.4, -0.2) is 74.9 Å². The van der Waals surface area contributed by atoms with Crippen molar-refractivity contribution in [1.82, 2.24) is 20.5 Å². The summed E-state index contributed by atoms with van der Waals surface area (Å²) in [5.74, 6) is -2.72. The number of aliphatic hydroxyl groups is 1. The molecule has 0 spiro atoms. The Hall–Kier alpha value is -3.69. The number of Topliss-reactive ketones (excluding diaryl/α,β-unsaturated/α-hetero) is 1. The Labute approximate surface area is 261 Å². The molecule has 236 valence electrons. The Bertz CT molecular complexity index is 1460. The van der Waals surface area contributed by atoms with Crippen LogP contribution in [0.1, 0.15) is 71.2 Å². The summed E-state index contributed by atoms with van der Waals surface area (Å²) in [6.07, 6.45) is -3.00. The number of benzene rings is 1. The van der Waals surface area contributed by atoms with Crippen LogP contribution in [0.15, 0.2) is 29.8 Å². The zero-order valence-electron chi connectivity index (χ0n) is 25.9. The van der Waals surface area contributed by atoms with E-state index < -0.39 is 71.5 Å². The lowest BCUT2D eigenvalue weighted by molar-refractivity contribution is -0.143. The number of amides is 3. The first-order chi connectivity index (χ1) is 20.6. The van der Waals surface area contributed by atoms with Gasteiger partial charge in [0.15, 0.2) is 6.17 Å². The molecule has 2 fully saturated rings. The highest BCUT2D eigenvalue weighted by atomic mass is 32.1. The molecule has 3 amide bonds. The van der Waals surface area contributed by atoms with Crippen molar-refractivity contribution in [1.29, 1.82) is 0 Å². The average molecular weight is 626 g/mol. The Balaban J connectivity index is 1.59. The summed E-state index contributed by atoms with van der Waals surface area (Å²) in [5.41, 5.74) is 2.28. The highest BCUT2D eigenvalue weighted by Gasteiger charge is 2.59. The fourth-order valence-electron chi connectivity index (χ4n) is 5.23. The number of rotatable bonds is 10. The van der Waals surface area contributed by atoms with Gasteiger partial charge in [-0.3, -0.25) is 24.0 Å². The smallest absolute Gasteiger partial charge is 0.309 e. The minimum atomic E-state index is -2.09. The molecule has 2 aromatic rings. The summed E-state index contributed by atoms with van der Waals surface area (Å²) in [6.45, 7) is 17.5. The number of nitrogens with zero attached hydrogens (tertiary/aromatic N) is 3. The van der Waals surface area contributed by atoms with Gasteiger partial charge < -0.3 is 20.6 Å². The van der Waals surface area contributed by atoms with Crippen molar-refractivity contribution < 1.29 is 28.7 Å². The number of hydrogen-bond acceptors (Lipinski definition) is 7. The summed E-state index contributed by atoms with van der Waals surface area (Å²) in [7, 11) is 0. The van der Waals surface area contributed by atoms with E-state index in [9.17, 15) is 24.3 Å². The van der Waals surface area contributed by atoms with Gasteiger partial charge in [0, 0.05) is 24.7 Å². The van der Waals surface area contributed by atoms with Crippen LogP contribution >= 0.6 is 11.3 Å². The second-order valence-electron chi connectivity index (χ2n) is 13.1. The lowest BCUT2D eigenvalue weighted by atomic mass is 9.85. The van der Waals surface area contributed by atoms with E-state index in [2.05, 4.69) is 20.5 Å². The van der Waals surface area contributed by atoms with E-state index in [0.29, 0.717) is 18.4 Å². The molecule has 1 aliphatic carbocycles. The Morgan fingerprint density at radius 2 is 1.82 bits per heavy atom. The van der Waals surface area contributed by atoms with Gasteiger partial charge in [0.25, 0.3) is 0 Å². The van der Waals surface area contributed by atoms with Crippen LogP contribution in [0.25, 0.3) is 15.3 Å². The van der Waals surface area contributed by atoms with E-state index in [1.165, 1.54) is 11.3 Å². The molecule has 12 heteroatoms. The molecule has 44 heavy (non-hydrogen) atoms. The summed E-state index contributed by atoms with van der Waals surface area (Å²) in [4.78, 5) is 63.1. The van der Waals surface area contributed by atoms with Crippen molar-refractivity contribution in [3.05, 3.63) is 52.5 Å². The third-order valence-electron chi connectivity index (χ3n) is 8.38. The molecular weight excluding hydrogens is 585 g/mol. The molecule has 2 heterocycles. The molecule has 3 N–H and O–H groups in total. The standard InChI is InChI=1S/C32H40FN5O5S/c1-17(2)25(37-30(43)32(34-7)12-13-32)29(42)38-15-22(39)24(33)26(38)28(41)36-21(14-23(40)31(4,5)6)19-8-10-20(11-9-19)27-18(3)35-16-44-27/h8-11,16-17,21-22,24-26,39H,12-15H2,1-6H3,(H,36,41)(H,37,43)/t21-,22-,24-,25-,26-/m0/s1. The van der Waals surface area contributed by atoms with Crippen molar-refractivity contribution in [3.8, 4) is 10.4 Å². The van der Waals surface area contributed by atoms with Gasteiger partial charge in [-0.2, -0.15) is 0 Å². The van der Waals surface area contributed by atoms with Gasteiger partial charge in [-0.05, 0) is 24.0 Å². The second kappa shape index (κ2) is 12.7. The van der Waals surface area contributed by atoms with Crippen LogP contribution in [0.3, 0.4) is 0 Å². The molecule has 10 nitrogen and oxygen atoms in total. The topological polar surface area (TPSA) is 133 Å². The number of ketones is 1. The SMILES string of the molecule is [C-]#[N+]C1(C(=O)N[C@H](C(=O)N2C[C@H](O)[C@H](F)[C@H]2C(=O)N[C@@H](CC(=O)C(C)(C)C)c2ccc(-c3scnc3C)cc2)C(C)C)CC1. The zero-order chi connectivity index (χ0) is 32.6.